The molecule has 0 N–H and O–H groups in total. The lowest BCUT2D eigenvalue weighted by molar-refractivity contribution is 0.0861. The number of carbonyl (C=O) groups is 2. The van der Waals surface area contributed by atoms with Crippen molar-refractivity contribution in [2.24, 2.45) is 10.2 Å². The summed E-state index contributed by atoms with van der Waals surface area (Å²) in [6, 6.07) is 22.8. The molecule has 3 rings (SSSR count). The largest absolute Gasteiger partial charge is 0.291 e. The average molecular weight is 363 g/mol. The van der Waals surface area contributed by atoms with Gasteiger partial charge in [0.1, 0.15) is 5.69 Å². The Bertz CT molecular complexity index is 889. The Morgan fingerprint density at radius 3 is 1.65 bits per heavy atom. The first-order chi connectivity index (χ1) is 12.7. The van der Waals surface area contributed by atoms with Gasteiger partial charge in [0, 0.05) is 11.1 Å². The SMILES string of the molecule is O=C(c1ccccc1)C(N=Nc1ccccc1Cl)C(=O)c1ccccc1. The molecule has 0 heterocycles. The van der Waals surface area contributed by atoms with E-state index in [1.807, 2.05) is 0 Å². The molecule has 0 aromatic heterocycles. The van der Waals surface area contributed by atoms with Crippen LogP contribution in [-0.4, -0.2) is 17.6 Å². The molecule has 0 aliphatic heterocycles. The number of carbonyl (C=O) groups excluding carboxylic acids is 2. The van der Waals surface area contributed by atoms with Crippen LogP contribution >= 0.6 is 11.6 Å². The molecule has 0 unspecified atom stereocenters. The molecule has 0 saturated heterocycles. The molecule has 0 aliphatic carbocycles. The highest BCUT2D eigenvalue weighted by atomic mass is 35.5. The van der Waals surface area contributed by atoms with Crippen LogP contribution in [0.4, 0.5) is 5.69 Å². The number of ketones is 2. The Hall–Kier alpha value is -3.11. The van der Waals surface area contributed by atoms with Gasteiger partial charge in [0.15, 0.2) is 17.6 Å². The van der Waals surface area contributed by atoms with Crippen LogP contribution in [-0.2, 0) is 0 Å². The molecule has 3 aromatic rings. The fraction of sp³-hybridized carbons (Fsp3) is 0.0476. The topological polar surface area (TPSA) is 58.9 Å². The minimum absolute atomic E-state index is 0.398. The predicted octanol–water partition coefficient (Wildman–Crippen LogP) is 5.56. The number of hydrogen-bond donors (Lipinski definition) is 0. The van der Waals surface area contributed by atoms with Gasteiger partial charge in [-0.25, -0.2) is 0 Å². The molecule has 0 radical (unpaired) electrons. The quantitative estimate of drug-likeness (QED) is 0.327. The summed E-state index contributed by atoms with van der Waals surface area (Å²) in [7, 11) is 0. The third-order valence-electron chi connectivity index (χ3n) is 3.75. The van der Waals surface area contributed by atoms with Gasteiger partial charge in [-0.2, -0.15) is 10.2 Å². The van der Waals surface area contributed by atoms with Gasteiger partial charge in [-0.15, -0.1) is 0 Å². The summed E-state index contributed by atoms with van der Waals surface area (Å²) in [5.74, 6) is -0.814. The molecule has 26 heavy (non-hydrogen) atoms. The van der Waals surface area contributed by atoms with Gasteiger partial charge in [0.05, 0.1) is 5.02 Å². The van der Waals surface area contributed by atoms with E-state index in [1.54, 1.807) is 84.9 Å². The zero-order chi connectivity index (χ0) is 18.4. The van der Waals surface area contributed by atoms with Crippen molar-refractivity contribution in [2.45, 2.75) is 6.04 Å². The summed E-state index contributed by atoms with van der Waals surface area (Å²) in [6.07, 6.45) is 0. The predicted molar refractivity (Wildman–Crippen MR) is 101 cm³/mol. The van der Waals surface area contributed by atoms with Gasteiger partial charge in [0.2, 0.25) is 0 Å². The highest BCUT2D eigenvalue weighted by Crippen LogP contribution is 2.25. The Morgan fingerprint density at radius 2 is 1.15 bits per heavy atom. The Balaban J connectivity index is 1.97. The molecule has 5 heteroatoms. The molecule has 0 spiro atoms. The summed E-state index contributed by atoms with van der Waals surface area (Å²) in [4.78, 5) is 25.7. The highest BCUT2D eigenvalue weighted by molar-refractivity contribution is 6.32. The maximum atomic E-state index is 12.9. The second-order valence-electron chi connectivity index (χ2n) is 5.53. The smallest absolute Gasteiger partial charge is 0.197 e. The number of benzene rings is 3. The first-order valence-electron chi connectivity index (χ1n) is 8.01. The van der Waals surface area contributed by atoms with E-state index in [-0.39, 0.29) is 0 Å². The maximum absolute atomic E-state index is 12.9. The average Bonchev–Trinajstić information content (AvgIpc) is 2.70. The molecule has 0 fully saturated rings. The second kappa shape index (κ2) is 8.32. The summed E-state index contributed by atoms with van der Waals surface area (Å²) in [5, 5.41) is 8.50. The van der Waals surface area contributed by atoms with Crippen LogP contribution in [0.3, 0.4) is 0 Å². The van der Waals surface area contributed by atoms with Crippen LogP contribution < -0.4 is 0 Å². The first-order valence-corrected chi connectivity index (χ1v) is 8.38. The fourth-order valence-corrected chi connectivity index (χ4v) is 2.57. The molecular weight excluding hydrogens is 348 g/mol. The van der Waals surface area contributed by atoms with Crippen LogP contribution in [0.25, 0.3) is 0 Å². The summed E-state index contributed by atoms with van der Waals surface area (Å²) < 4.78 is 0. The van der Waals surface area contributed by atoms with Crippen molar-refractivity contribution in [3.05, 3.63) is 101 Å². The lowest BCUT2D eigenvalue weighted by Crippen LogP contribution is -2.28. The van der Waals surface area contributed by atoms with E-state index in [1.165, 1.54) is 0 Å². The van der Waals surface area contributed by atoms with E-state index >= 15 is 0 Å². The maximum Gasteiger partial charge on any atom is 0.197 e. The number of halogens is 1. The van der Waals surface area contributed by atoms with Gasteiger partial charge in [-0.05, 0) is 12.1 Å². The minimum atomic E-state index is -1.27. The Labute approximate surface area is 156 Å². The van der Waals surface area contributed by atoms with Crippen molar-refractivity contribution >= 4 is 28.9 Å². The molecule has 128 valence electrons. The number of hydrogen-bond acceptors (Lipinski definition) is 4. The molecule has 0 saturated carbocycles. The van der Waals surface area contributed by atoms with E-state index in [0.717, 1.165) is 0 Å². The number of azo groups is 1. The summed E-state index contributed by atoms with van der Waals surface area (Å²) in [5.41, 5.74) is 1.21. The van der Waals surface area contributed by atoms with Crippen LogP contribution in [0.1, 0.15) is 20.7 Å². The van der Waals surface area contributed by atoms with Gasteiger partial charge in [-0.1, -0.05) is 84.4 Å². The third-order valence-corrected chi connectivity index (χ3v) is 4.07. The Morgan fingerprint density at radius 1 is 0.692 bits per heavy atom. The monoisotopic (exact) mass is 362 g/mol. The van der Waals surface area contributed by atoms with Gasteiger partial charge >= 0.3 is 0 Å². The second-order valence-corrected chi connectivity index (χ2v) is 5.94. The van der Waals surface area contributed by atoms with Crippen LogP contribution in [0, 0.1) is 0 Å². The zero-order valence-corrected chi connectivity index (χ0v) is 14.5. The van der Waals surface area contributed by atoms with Gasteiger partial charge < -0.3 is 0 Å². The molecule has 0 atom stereocenters. The standard InChI is InChI=1S/C21H15ClN2O2/c22-17-13-7-8-14-18(17)23-24-19(20(25)15-9-3-1-4-10-15)21(26)16-11-5-2-6-12-16/h1-14,19H. The minimum Gasteiger partial charge on any atom is -0.291 e. The molecular formula is C21H15ClN2O2. The van der Waals surface area contributed by atoms with Crippen LogP contribution in [0.15, 0.2) is 95.2 Å². The van der Waals surface area contributed by atoms with Crippen molar-refractivity contribution in [3.63, 3.8) is 0 Å². The first kappa shape index (κ1) is 17.7. The molecule has 4 nitrogen and oxygen atoms in total. The lowest BCUT2D eigenvalue weighted by atomic mass is 9.97. The molecule has 0 aliphatic rings. The van der Waals surface area contributed by atoms with Crippen molar-refractivity contribution in [2.75, 3.05) is 0 Å². The number of nitrogens with zero attached hydrogens (tertiary/aromatic N) is 2. The lowest BCUT2D eigenvalue weighted by Gasteiger charge is -2.10. The van der Waals surface area contributed by atoms with E-state index in [0.29, 0.717) is 21.8 Å². The molecule has 0 bridgehead atoms. The van der Waals surface area contributed by atoms with Crippen LogP contribution in [0.2, 0.25) is 5.02 Å². The summed E-state index contributed by atoms with van der Waals surface area (Å²) in [6.45, 7) is 0. The van der Waals surface area contributed by atoms with Gasteiger partial charge in [0.25, 0.3) is 0 Å². The third kappa shape index (κ3) is 4.10. The zero-order valence-electron chi connectivity index (χ0n) is 13.7. The van der Waals surface area contributed by atoms with Gasteiger partial charge in [-0.3, -0.25) is 9.59 Å². The van der Waals surface area contributed by atoms with Crippen LogP contribution in [0.5, 0.6) is 0 Å². The van der Waals surface area contributed by atoms with E-state index in [2.05, 4.69) is 10.2 Å². The van der Waals surface area contributed by atoms with E-state index in [4.69, 9.17) is 11.6 Å². The molecule has 3 aromatic carbocycles. The van der Waals surface area contributed by atoms with Crippen molar-refractivity contribution in [3.8, 4) is 0 Å². The van der Waals surface area contributed by atoms with E-state index < -0.39 is 17.6 Å². The Kier molecular flexibility index (Phi) is 5.66. The molecule has 0 amide bonds. The normalized spacial score (nSPS) is 11.0. The van der Waals surface area contributed by atoms with Crippen molar-refractivity contribution in [1.29, 1.82) is 0 Å². The highest BCUT2D eigenvalue weighted by Gasteiger charge is 2.28. The van der Waals surface area contributed by atoms with Crippen molar-refractivity contribution < 1.29 is 9.59 Å². The summed E-state index contributed by atoms with van der Waals surface area (Å²) >= 11 is 6.08. The van der Waals surface area contributed by atoms with E-state index in [9.17, 15) is 9.59 Å². The fourth-order valence-electron chi connectivity index (χ4n) is 2.40. The van der Waals surface area contributed by atoms with Crippen molar-refractivity contribution in [1.82, 2.24) is 0 Å². The number of Topliss-reactive ketones (excluding diaryl/α,β-unsaturated/α-hetero) is 2. The number of rotatable bonds is 6.